The van der Waals surface area contributed by atoms with Crippen LogP contribution in [0.4, 0.5) is 5.69 Å². The number of likely N-dealkylation sites (N-methyl/N-ethyl adjacent to an activating group) is 1. The molecule has 2 aromatic rings. The predicted molar refractivity (Wildman–Crippen MR) is 72.2 cm³/mol. The lowest BCUT2D eigenvalue weighted by atomic mass is 10.2. The van der Waals surface area contributed by atoms with Gasteiger partial charge in [-0.2, -0.15) is 5.10 Å². The van der Waals surface area contributed by atoms with Crippen LogP contribution in [-0.4, -0.2) is 40.2 Å². The third-order valence-electron chi connectivity index (χ3n) is 2.60. The topological polar surface area (TPSA) is 64.2 Å². The highest BCUT2D eigenvalue weighted by Crippen LogP contribution is 2.20. The molecule has 0 radical (unpaired) electrons. The van der Waals surface area contributed by atoms with Gasteiger partial charge < -0.3 is 4.90 Å². The van der Waals surface area contributed by atoms with Crippen molar-refractivity contribution in [2.24, 2.45) is 0 Å². The standard InChI is InChI=1S/C11H14N4O2.ClH/c1-13(2)5-6-14-11-4-3-10(15(16)17)7-9(11)8-12-14;/h3-4,7-8H,5-6H2,1-2H3;1H. The van der Waals surface area contributed by atoms with Crippen LogP contribution < -0.4 is 0 Å². The largest absolute Gasteiger partial charge is 0.308 e. The van der Waals surface area contributed by atoms with Crippen molar-refractivity contribution in [3.63, 3.8) is 0 Å². The maximum absolute atomic E-state index is 10.6. The minimum Gasteiger partial charge on any atom is -0.308 e. The number of nitrogens with zero attached hydrogens (tertiary/aromatic N) is 4. The summed E-state index contributed by atoms with van der Waals surface area (Å²) in [5, 5.41) is 15.7. The van der Waals surface area contributed by atoms with E-state index in [1.807, 2.05) is 18.8 Å². The van der Waals surface area contributed by atoms with Gasteiger partial charge in [-0.15, -0.1) is 12.4 Å². The van der Waals surface area contributed by atoms with Crippen LogP contribution in [0.1, 0.15) is 0 Å². The molecule has 0 atom stereocenters. The van der Waals surface area contributed by atoms with Gasteiger partial charge in [-0.3, -0.25) is 14.8 Å². The first-order valence-corrected chi connectivity index (χ1v) is 5.32. The molecule has 1 aromatic heterocycles. The van der Waals surface area contributed by atoms with E-state index < -0.39 is 4.92 Å². The molecule has 18 heavy (non-hydrogen) atoms. The minimum absolute atomic E-state index is 0. The number of rotatable bonds is 4. The van der Waals surface area contributed by atoms with E-state index in [0.717, 1.165) is 24.0 Å². The molecule has 0 aliphatic carbocycles. The molecule has 98 valence electrons. The van der Waals surface area contributed by atoms with Gasteiger partial charge in [0, 0.05) is 24.1 Å². The Balaban J connectivity index is 0.00000162. The molecule has 6 nitrogen and oxygen atoms in total. The van der Waals surface area contributed by atoms with Crippen LogP contribution >= 0.6 is 12.4 Å². The number of non-ortho nitro benzene ring substituents is 1. The van der Waals surface area contributed by atoms with Gasteiger partial charge in [0.2, 0.25) is 0 Å². The first-order chi connectivity index (χ1) is 8.08. The smallest absolute Gasteiger partial charge is 0.270 e. The van der Waals surface area contributed by atoms with Crippen molar-refractivity contribution in [1.82, 2.24) is 14.7 Å². The van der Waals surface area contributed by atoms with Gasteiger partial charge in [-0.1, -0.05) is 0 Å². The Labute approximate surface area is 111 Å². The molecule has 1 heterocycles. The number of hydrogen-bond donors (Lipinski definition) is 0. The number of nitro benzene ring substituents is 1. The van der Waals surface area contributed by atoms with Gasteiger partial charge >= 0.3 is 0 Å². The number of nitro groups is 1. The average Bonchev–Trinajstić information content (AvgIpc) is 2.68. The second-order valence-corrected chi connectivity index (χ2v) is 4.17. The monoisotopic (exact) mass is 270 g/mol. The highest BCUT2D eigenvalue weighted by molar-refractivity contribution is 5.85. The van der Waals surface area contributed by atoms with Crippen molar-refractivity contribution < 1.29 is 4.92 Å². The summed E-state index contributed by atoms with van der Waals surface area (Å²) >= 11 is 0. The van der Waals surface area contributed by atoms with E-state index in [1.54, 1.807) is 18.3 Å². The fraction of sp³-hybridized carbons (Fsp3) is 0.364. The molecule has 0 saturated carbocycles. The second kappa shape index (κ2) is 5.79. The lowest BCUT2D eigenvalue weighted by Gasteiger charge is -2.09. The van der Waals surface area contributed by atoms with Crippen molar-refractivity contribution in [2.45, 2.75) is 6.54 Å². The Bertz CT molecular complexity index is 553. The zero-order valence-electron chi connectivity index (χ0n) is 10.2. The molecule has 0 amide bonds. The summed E-state index contributed by atoms with van der Waals surface area (Å²) in [7, 11) is 3.99. The number of fused-ring (bicyclic) bond motifs is 1. The van der Waals surface area contributed by atoms with Gasteiger partial charge in [0.15, 0.2) is 0 Å². The SMILES string of the molecule is CN(C)CCn1ncc2cc([N+](=O)[O-])ccc21.Cl. The summed E-state index contributed by atoms with van der Waals surface area (Å²) in [5.74, 6) is 0. The van der Waals surface area contributed by atoms with E-state index in [0.29, 0.717) is 0 Å². The Morgan fingerprint density at radius 1 is 1.44 bits per heavy atom. The van der Waals surface area contributed by atoms with E-state index >= 15 is 0 Å². The molecule has 0 spiro atoms. The van der Waals surface area contributed by atoms with Gasteiger partial charge in [0.05, 0.1) is 23.2 Å². The van der Waals surface area contributed by atoms with Crippen molar-refractivity contribution in [1.29, 1.82) is 0 Å². The van der Waals surface area contributed by atoms with Crippen molar-refractivity contribution in [2.75, 3.05) is 20.6 Å². The summed E-state index contributed by atoms with van der Waals surface area (Å²) in [6, 6.07) is 4.81. The van der Waals surface area contributed by atoms with Crippen LogP contribution in [0.2, 0.25) is 0 Å². The van der Waals surface area contributed by atoms with Crippen LogP contribution in [0.15, 0.2) is 24.4 Å². The Morgan fingerprint density at radius 3 is 2.78 bits per heavy atom. The summed E-state index contributed by atoms with van der Waals surface area (Å²) in [4.78, 5) is 12.3. The summed E-state index contributed by atoms with van der Waals surface area (Å²) in [5.41, 5.74) is 1.03. The number of benzene rings is 1. The maximum atomic E-state index is 10.6. The normalized spacial score (nSPS) is 10.6. The van der Waals surface area contributed by atoms with E-state index in [-0.39, 0.29) is 18.1 Å². The maximum Gasteiger partial charge on any atom is 0.270 e. The lowest BCUT2D eigenvalue weighted by Crippen LogP contribution is -2.18. The van der Waals surface area contributed by atoms with Crippen LogP contribution in [0.3, 0.4) is 0 Å². The van der Waals surface area contributed by atoms with Gasteiger partial charge in [-0.05, 0) is 20.2 Å². The first-order valence-electron chi connectivity index (χ1n) is 5.32. The highest BCUT2D eigenvalue weighted by Gasteiger charge is 2.09. The van der Waals surface area contributed by atoms with Crippen LogP contribution in [0.5, 0.6) is 0 Å². The first kappa shape index (κ1) is 14.4. The Morgan fingerprint density at radius 2 is 2.17 bits per heavy atom. The molecule has 0 aliphatic rings. The number of hydrogen-bond acceptors (Lipinski definition) is 4. The Kier molecular flexibility index (Phi) is 4.63. The summed E-state index contributed by atoms with van der Waals surface area (Å²) < 4.78 is 1.86. The van der Waals surface area contributed by atoms with E-state index in [1.165, 1.54) is 6.07 Å². The lowest BCUT2D eigenvalue weighted by molar-refractivity contribution is -0.384. The summed E-state index contributed by atoms with van der Waals surface area (Å²) in [6.07, 6.45) is 1.66. The van der Waals surface area contributed by atoms with E-state index in [4.69, 9.17) is 0 Å². The molecular weight excluding hydrogens is 256 g/mol. The predicted octanol–water partition coefficient (Wildman–Crippen LogP) is 1.93. The van der Waals surface area contributed by atoms with Gasteiger partial charge in [0.1, 0.15) is 0 Å². The quantitative estimate of drug-likeness (QED) is 0.629. The number of aromatic nitrogens is 2. The minimum atomic E-state index is -0.392. The molecule has 0 fully saturated rings. The molecule has 0 aliphatic heterocycles. The molecule has 7 heteroatoms. The highest BCUT2D eigenvalue weighted by atomic mass is 35.5. The van der Waals surface area contributed by atoms with E-state index in [9.17, 15) is 10.1 Å². The molecule has 0 unspecified atom stereocenters. The molecule has 2 rings (SSSR count). The third kappa shape index (κ3) is 2.96. The van der Waals surface area contributed by atoms with Crippen molar-refractivity contribution in [3.05, 3.63) is 34.5 Å². The molecule has 0 bridgehead atoms. The van der Waals surface area contributed by atoms with Crippen molar-refractivity contribution >= 4 is 29.0 Å². The van der Waals surface area contributed by atoms with E-state index in [2.05, 4.69) is 10.00 Å². The van der Waals surface area contributed by atoms with Crippen LogP contribution in [-0.2, 0) is 6.54 Å². The Hall–Kier alpha value is -1.66. The average molecular weight is 271 g/mol. The molecule has 0 N–H and O–H groups in total. The molecular formula is C11H15ClN4O2. The van der Waals surface area contributed by atoms with Gasteiger partial charge in [0.25, 0.3) is 5.69 Å². The fourth-order valence-electron chi connectivity index (χ4n) is 1.66. The van der Waals surface area contributed by atoms with Gasteiger partial charge in [-0.25, -0.2) is 0 Å². The van der Waals surface area contributed by atoms with Crippen LogP contribution in [0.25, 0.3) is 10.9 Å². The summed E-state index contributed by atoms with van der Waals surface area (Å²) in [6.45, 7) is 1.65. The zero-order valence-corrected chi connectivity index (χ0v) is 11.1. The molecule has 0 saturated heterocycles. The third-order valence-corrected chi connectivity index (χ3v) is 2.60. The van der Waals surface area contributed by atoms with Crippen molar-refractivity contribution in [3.8, 4) is 0 Å². The zero-order chi connectivity index (χ0) is 12.4. The molecule has 1 aromatic carbocycles. The number of halogens is 1. The van der Waals surface area contributed by atoms with Crippen LogP contribution in [0, 0.1) is 10.1 Å². The fourth-order valence-corrected chi connectivity index (χ4v) is 1.66. The second-order valence-electron chi connectivity index (χ2n) is 4.17.